The summed E-state index contributed by atoms with van der Waals surface area (Å²) in [5.41, 5.74) is 1.79. The molecule has 0 aromatic heterocycles. The van der Waals surface area contributed by atoms with Crippen molar-refractivity contribution in [2.24, 2.45) is 5.92 Å². The Hall–Kier alpha value is -1.75. The number of urea groups is 1. The number of likely N-dealkylation sites (tertiary alicyclic amines) is 1. The summed E-state index contributed by atoms with van der Waals surface area (Å²) in [6.45, 7) is 6.24. The summed E-state index contributed by atoms with van der Waals surface area (Å²) in [7, 11) is 0. The number of nitrogens with one attached hydrogen (secondary N) is 1. The third kappa shape index (κ3) is 4.37. The predicted octanol–water partition coefficient (Wildman–Crippen LogP) is 3.02. The number of carbonyl (C=O) groups excluding carboxylic acids is 1. The van der Waals surface area contributed by atoms with Crippen LogP contribution in [0.5, 0.6) is 5.75 Å². The number of anilines is 1. The number of hydrogen-bond donors (Lipinski definition) is 2. The van der Waals surface area contributed by atoms with Crippen molar-refractivity contribution in [1.29, 1.82) is 0 Å². The van der Waals surface area contributed by atoms with Gasteiger partial charge in [0.15, 0.2) is 0 Å². The second-order valence-corrected chi connectivity index (χ2v) is 5.89. The molecule has 1 aromatic rings. The molecule has 0 bridgehead atoms. The first-order valence-electron chi connectivity index (χ1n) is 8.04. The molecule has 0 saturated carbocycles. The number of benzene rings is 1. The molecule has 0 spiro atoms. The molecule has 1 aliphatic heterocycles. The van der Waals surface area contributed by atoms with Gasteiger partial charge in [0.1, 0.15) is 5.75 Å². The number of amides is 2. The van der Waals surface area contributed by atoms with Gasteiger partial charge >= 0.3 is 6.03 Å². The van der Waals surface area contributed by atoms with Crippen LogP contribution in [0, 0.1) is 12.8 Å². The molecule has 1 unspecified atom stereocenters. The molecule has 0 aliphatic carbocycles. The summed E-state index contributed by atoms with van der Waals surface area (Å²) >= 11 is 0. The smallest absolute Gasteiger partial charge is 0.321 e. The Labute approximate surface area is 132 Å². The van der Waals surface area contributed by atoms with Gasteiger partial charge in [-0.2, -0.15) is 0 Å². The average molecular weight is 306 g/mol. The fourth-order valence-corrected chi connectivity index (χ4v) is 2.68. The van der Waals surface area contributed by atoms with Crippen LogP contribution in [0.3, 0.4) is 0 Å². The van der Waals surface area contributed by atoms with Crippen LogP contribution in [0.4, 0.5) is 10.5 Å². The van der Waals surface area contributed by atoms with Crippen molar-refractivity contribution in [3.05, 3.63) is 23.8 Å². The highest BCUT2D eigenvalue weighted by Gasteiger charge is 2.23. The molecule has 1 aromatic carbocycles. The van der Waals surface area contributed by atoms with Crippen molar-refractivity contribution in [2.75, 3.05) is 31.6 Å². The van der Waals surface area contributed by atoms with Gasteiger partial charge in [-0.05, 0) is 55.9 Å². The molecule has 0 radical (unpaired) electrons. The van der Waals surface area contributed by atoms with E-state index in [0.29, 0.717) is 13.2 Å². The molecule has 2 amide bonds. The maximum absolute atomic E-state index is 12.3. The molecule has 5 heteroatoms. The van der Waals surface area contributed by atoms with Gasteiger partial charge in [-0.3, -0.25) is 0 Å². The molecule has 1 heterocycles. The Bertz CT molecular complexity index is 505. The van der Waals surface area contributed by atoms with Gasteiger partial charge in [0, 0.05) is 25.4 Å². The number of hydrogen-bond acceptors (Lipinski definition) is 3. The SMILES string of the molecule is CCCOc1ccc(NC(=O)N2CCCC(CO)C2)c(C)c1. The van der Waals surface area contributed by atoms with Crippen LogP contribution in [0.25, 0.3) is 0 Å². The number of aliphatic hydroxyl groups excluding tert-OH is 1. The summed E-state index contributed by atoms with van der Waals surface area (Å²) in [5.74, 6) is 1.03. The lowest BCUT2D eigenvalue weighted by Crippen LogP contribution is -2.43. The number of aliphatic hydroxyl groups is 1. The molecule has 5 nitrogen and oxygen atoms in total. The van der Waals surface area contributed by atoms with E-state index in [1.165, 1.54) is 0 Å². The summed E-state index contributed by atoms with van der Waals surface area (Å²) < 4.78 is 5.59. The Balaban J connectivity index is 1.96. The molecule has 1 aliphatic rings. The minimum atomic E-state index is -0.0940. The highest BCUT2D eigenvalue weighted by atomic mass is 16.5. The topological polar surface area (TPSA) is 61.8 Å². The first-order chi connectivity index (χ1) is 10.6. The molecule has 1 fully saturated rings. The molecule has 22 heavy (non-hydrogen) atoms. The summed E-state index contributed by atoms with van der Waals surface area (Å²) in [6, 6.07) is 5.61. The van der Waals surface area contributed by atoms with E-state index < -0.39 is 0 Å². The van der Waals surface area contributed by atoms with Crippen molar-refractivity contribution in [2.45, 2.75) is 33.1 Å². The van der Waals surface area contributed by atoms with Crippen LogP contribution in [-0.4, -0.2) is 42.3 Å². The van der Waals surface area contributed by atoms with Crippen LogP contribution in [-0.2, 0) is 0 Å². The first kappa shape index (κ1) is 16.6. The monoisotopic (exact) mass is 306 g/mol. The largest absolute Gasteiger partial charge is 0.494 e. The van der Waals surface area contributed by atoms with Crippen molar-refractivity contribution >= 4 is 11.7 Å². The van der Waals surface area contributed by atoms with Crippen molar-refractivity contribution in [1.82, 2.24) is 4.90 Å². The van der Waals surface area contributed by atoms with E-state index in [2.05, 4.69) is 12.2 Å². The second-order valence-electron chi connectivity index (χ2n) is 5.89. The van der Waals surface area contributed by atoms with Gasteiger partial charge < -0.3 is 20.1 Å². The van der Waals surface area contributed by atoms with E-state index in [1.54, 1.807) is 4.90 Å². The molecular weight excluding hydrogens is 280 g/mol. The molecule has 1 saturated heterocycles. The third-order valence-corrected chi connectivity index (χ3v) is 3.98. The standard InChI is InChI=1S/C17H26N2O3/c1-3-9-22-15-6-7-16(13(2)10-15)18-17(21)19-8-4-5-14(11-19)12-20/h6-7,10,14,20H,3-5,8-9,11-12H2,1-2H3,(H,18,21). The maximum Gasteiger partial charge on any atom is 0.321 e. The number of rotatable bonds is 5. The minimum absolute atomic E-state index is 0.0940. The van der Waals surface area contributed by atoms with Crippen molar-refractivity contribution in [3.8, 4) is 5.75 Å². The van der Waals surface area contributed by atoms with E-state index in [-0.39, 0.29) is 18.6 Å². The maximum atomic E-state index is 12.3. The van der Waals surface area contributed by atoms with Gasteiger partial charge in [-0.1, -0.05) is 6.92 Å². The molecule has 122 valence electrons. The predicted molar refractivity (Wildman–Crippen MR) is 87.4 cm³/mol. The lowest BCUT2D eigenvalue weighted by molar-refractivity contribution is 0.136. The van der Waals surface area contributed by atoms with E-state index in [9.17, 15) is 9.90 Å². The van der Waals surface area contributed by atoms with Crippen LogP contribution in [0.1, 0.15) is 31.7 Å². The van der Waals surface area contributed by atoms with Crippen LogP contribution in [0.2, 0.25) is 0 Å². The fraction of sp³-hybridized carbons (Fsp3) is 0.588. The zero-order valence-electron chi connectivity index (χ0n) is 13.5. The van der Waals surface area contributed by atoms with E-state index in [0.717, 1.165) is 42.8 Å². The van der Waals surface area contributed by atoms with E-state index >= 15 is 0 Å². The average Bonchev–Trinajstić information content (AvgIpc) is 2.55. The minimum Gasteiger partial charge on any atom is -0.494 e. The van der Waals surface area contributed by atoms with Gasteiger partial charge in [-0.15, -0.1) is 0 Å². The van der Waals surface area contributed by atoms with Crippen LogP contribution >= 0.6 is 0 Å². The summed E-state index contributed by atoms with van der Waals surface area (Å²) in [5, 5.41) is 12.2. The zero-order valence-corrected chi connectivity index (χ0v) is 13.5. The Kier molecular flexibility index (Phi) is 6.07. The van der Waals surface area contributed by atoms with E-state index in [1.807, 2.05) is 25.1 Å². The molecule has 1 atom stereocenters. The Morgan fingerprint density at radius 1 is 1.50 bits per heavy atom. The Morgan fingerprint density at radius 2 is 2.32 bits per heavy atom. The molecular formula is C17H26N2O3. The summed E-state index contributed by atoms with van der Waals surface area (Å²) in [4.78, 5) is 14.1. The molecule has 2 rings (SSSR count). The lowest BCUT2D eigenvalue weighted by Gasteiger charge is -2.32. The first-order valence-corrected chi connectivity index (χ1v) is 8.04. The van der Waals surface area contributed by atoms with E-state index in [4.69, 9.17) is 4.74 Å². The van der Waals surface area contributed by atoms with Gasteiger partial charge in [0.05, 0.1) is 6.61 Å². The van der Waals surface area contributed by atoms with Gasteiger partial charge in [-0.25, -0.2) is 4.79 Å². The van der Waals surface area contributed by atoms with Crippen LogP contribution < -0.4 is 10.1 Å². The molecule has 2 N–H and O–H groups in total. The third-order valence-electron chi connectivity index (χ3n) is 3.98. The highest BCUT2D eigenvalue weighted by molar-refractivity contribution is 5.90. The number of ether oxygens (including phenoxy) is 1. The number of piperidine rings is 1. The summed E-state index contributed by atoms with van der Waals surface area (Å²) in [6.07, 6.45) is 2.91. The number of nitrogens with zero attached hydrogens (tertiary/aromatic N) is 1. The number of carbonyl (C=O) groups is 1. The van der Waals surface area contributed by atoms with Crippen molar-refractivity contribution < 1.29 is 14.6 Å². The zero-order chi connectivity index (χ0) is 15.9. The van der Waals surface area contributed by atoms with Crippen LogP contribution in [0.15, 0.2) is 18.2 Å². The lowest BCUT2D eigenvalue weighted by atomic mass is 9.99. The van der Waals surface area contributed by atoms with Gasteiger partial charge in [0.25, 0.3) is 0 Å². The normalized spacial score (nSPS) is 18.1. The quantitative estimate of drug-likeness (QED) is 0.879. The van der Waals surface area contributed by atoms with Crippen molar-refractivity contribution in [3.63, 3.8) is 0 Å². The fourth-order valence-electron chi connectivity index (χ4n) is 2.68. The highest BCUT2D eigenvalue weighted by Crippen LogP contribution is 2.23. The second kappa shape index (κ2) is 8.03. The number of aryl methyl sites for hydroxylation is 1. The van der Waals surface area contributed by atoms with Gasteiger partial charge in [0.2, 0.25) is 0 Å². The Morgan fingerprint density at radius 3 is 3.00 bits per heavy atom.